The van der Waals surface area contributed by atoms with E-state index in [1.54, 1.807) is 0 Å². The van der Waals surface area contributed by atoms with Gasteiger partial charge in [0.05, 0.1) is 0 Å². The smallest absolute Gasteiger partial charge is 0.0309 e. The molecule has 0 amide bonds. The Morgan fingerprint density at radius 3 is 1.05 bits per heavy atom. The molecular weight excluding hydrogens is 248 g/mol. The predicted molar refractivity (Wildman–Crippen MR) is 76.7 cm³/mol. The van der Waals surface area contributed by atoms with Crippen LogP contribution in [0.3, 0.4) is 0 Å². The number of hydrogen-bond donors (Lipinski definition) is 0. The molecule has 2 unspecified atom stereocenters. The Morgan fingerprint density at radius 2 is 0.750 bits per heavy atom. The van der Waals surface area contributed by atoms with Crippen LogP contribution in [0.1, 0.15) is 38.5 Å². The van der Waals surface area contributed by atoms with E-state index in [-0.39, 0.29) is 0 Å². The van der Waals surface area contributed by atoms with Crippen LogP contribution in [0.5, 0.6) is 0 Å². The fraction of sp³-hybridized carbons (Fsp3) is 1.00. The van der Waals surface area contributed by atoms with Crippen molar-refractivity contribution in [1.82, 2.24) is 20.0 Å². The number of hydrazine groups is 2. The molecule has 0 spiro atoms. The second-order valence-electron chi connectivity index (χ2n) is 7.96. The van der Waals surface area contributed by atoms with E-state index in [2.05, 4.69) is 20.0 Å². The van der Waals surface area contributed by atoms with Gasteiger partial charge in [0, 0.05) is 50.3 Å². The van der Waals surface area contributed by atoms with Crippen molar-refractivity contribution in [3.63, 3.8) is 0 Å². The number of fused-ring (bicyclic) bond motifs is 6. The standard InChI is InChI=1S/C16H26N4/c1-2-6-18-12-10-14-16-13(19-7-3-4-8-20(14)19)9-11(15(12)16)17(18)5-1/h11-16H,1-10H2/t11-,12+,13+,14-,15?,16?. The van der Waals surface area contributed by atoms with E-state index in [9.17, 15) is 0 Å². The molecule has 6 atom stereocenters. The van der Waals surface area contributed by atoms with Crippen molar-refractivity contribution >= 4 is 0 Å². The Labute approximate surface area is 121 Å². The van der Waals surface area contributed by atoms with E-state index in [0.29, 0.717) is 0 Å². The molecule has 6 aliphatic rings. The zero-order chi connectivity index (χ0) is 12.8. The lowest BCUT2D eigenvalue weighted by Gasteiger charge is -2.43. The Kier molecular flexibility index (Phi) is 2.16. The van der Waals surface area contributed by atoms with Crippen LogP contribution in [0.4, 0.5) is 0 Å². The first kappa shape index (κ1) is 11.4. The summed E-state index contributed by atoms with van der Waals surface area (Å²) in [7, 11) is 0. The Bertz CT molecular complexity index is 364. The molecule has 2 aliphatic carbocycles. The van der Waals surface area contributed by atoms with Gasteiger partial charge in [-0.2, -0.15) is 0 Å². The van der Waals surface area contributed by atoms with Gasteiger partial charge in [-0.25, -0.2) is 20.0 Å². The highest BCUT2D eigenvalue weighted by Gasteiger charge is 2.68. The third-order valence-electron chi connectivity index (χ3n) is 7.43. The minimum absolute atomic E-state index is 0.907. The quantitative estimate of drug-likeness (QED) is 0.657. The average molecular weight is 274 g/mol. The van der Waals surface area contributed by atoms with Crippen LogP contribution >= 0.6 is 0 Å². The number of rotatable bonds is 0. The van der Waals surface area contributed by atoms with Crippen LogP contribution in [0.15, 0.2) is 0 Å². The molecule has 6 rings (SSSR count). The average Bonchev–Trinajstić information content (AvgIpc) is 3.19. The summed E-state index contributed by atoms with van der Waals surface area (Å²) < 4.78 is 0. The minimum Gasteiger partial charge on any atom is -0.238 e. The first-order valence-corrected chi connectivity index (χ1v) is 9.00. The van der Waals surface area contributed by atoms with Gasteiger partial charge in [0.1, 0.15) is 0 Å². The molecule has 4 aliphatic heterocycles. The normalized spacial score (nSPS) is 55.2. The molecule has 110 valence electrons. The van der Waals surface area contributed by atoms with E-state index in [1.165, 1.54) is 64.7 Å². The molecule has 4 nitrogen and oxygen atoms in total. The highest BCUT2D eigenvalue weighted by Crippen LogP contribution is 2.59. The molecule has 0 aromatic carbocycles. The van der Waals surface area contributed by atoms with Gasteiger partial charge in [-0.05, 0) is 50.4 Å². The van der Waals surface area contributed by atoms with Gasteiger partial charge < -0.3 is 0 Å². The lowest BCUT2D eigenvalue weighted by molar-refractivity contribution is -0.0952. The topological polar surface area (TPSA) is 13.0 Å². The summed E-state index contributed by atoms with van der Waals surface area (Å²) in [5, 5.41) is 11.3. The second-order valence-corrected chi connectivity index (χ2v) is 7.96. The fourth-order valence-corrected chi connectivity index (χ4v) is 6.98. The molecule has 6 fully saturated rings. The Hall–Kier alpha value is -0.160. The highest BCUT2D eigenvalue weighted by atomic mass is 15.7. The Morgan fingerprint density at radius 1 is 0.450 bits per heavy atom. The molecule has 0 aromatic rings. The van der Waals surface area contributed by atoms with Gasteiger partial charge in [-0.1, -0.05) is 0 Å². The lowest BCUT2D eigenvalue weighted by Crippen LogP contribution is -2.53. The lowest BCUT2D eigenvalue weighted by atomic mass is 9.93. The molecule has 4 heteroatoms. The van der Waals surface area contributed by atoms with E-state index >= 15 is 0 Å². The Balaban J connectivity index is 1.40. The van der Waals surface area contributed by atoms with Gasteiger partial charge in [0.25, 0.3) is 0 Å². The van der Waals surface area contributed by atoms with Crippen LogP contribution in [-0.4, -0.2) is 70.4 Å². The van der Waals surface area contributed by atoms with Gasteiger partial charge in [-0.3, -0.25) is 0 Å². The second kappa shape index (κ2) is 3.78. The molecule has 4 heterocycles. The van der Waals surface area contributed by atoms with Gasteiger partial charge in [-0.15, -0.1) is 0 Å². The summed E-state index contributed by atoms with van der Waals surface area (Å²) in [6.07, 6.45) is 8.66. The van der Waals surface area contributed by atoms with Crippen LogP contribution in [0.25, 0.3) is 0 Å². The van der Waals surface area contributed by atoms with E-state index in [1.807, 2.05) is 0 Å². The van der Waals surface area contributed by atoms with Gasteiger partial charge in [0.15, 0.2) is 0 Å². The maximum Gasteiger partial charge on any atom is 0.0309 e. The van der Waals surface area contributed by atoms with Crippen LogP contribution in [0, 0.1) is 11.8 Å². The van der Waals surface area contributed by atoms with Crippen molar-refractivity contribution in [1.29, 1.82) is 0 Å². The zero-order valence-electron chi connectivity index (χ0n) is 12.3. The molecule has 4 saturated heterocycles. The summed E-state index contributed by atoms with van der Waals surface area (Å²) in [4.78, 5) is 0. The zero-order valence-corrected chi connectivity index (χ0v) is 12.3. The molecular formula is C16H26N4. The van der Waals surface area contributed by atoms with E-state index in [4.69, 9.17) is 0 Å². The van der Waals surface area contributed by atoms with Crippen molar-refractivity contribution in [2.75, 3.05) is 26.2 Å². The van der Waals surface area contributed by atoms with Crippen LogP contribution in [-0.2, 0) is 0 Å². The first-order valence-electron chi connectivity index (χ1n) is 9.00. The molecule has 0 aromatic heterocycles. The third kappa shape index (κ3) is 1.17. The monoisotopic (exact) mass is 274 g/mol. The first-order chi connectivity index (χ1) is 9.93. The third-order valence-corrected chi connectivity index (χ3v) is 7.43. The maximum atomic E-state index is 2.82. The largest absolute Gasteiger partial charge is 0.238 e. The van der Waals surface area contributed by atoms with Crippen molar-refractivity contribution in [2.24, 2.45) is 11.8 Å². The summed E-state index contributed by atoms with van der Waals surface area (Å²) in [6, 6.07) is 3.63. The van der Waals surface area contributed by atoms with Crippen LogP contribution < -0.4 is 0 Å². The van der Waals surface area contributed by atoms with E-state index < -0.39 is 0 Å². The molecule has 0 N–H and O–H groups in total. The van der Waals surface area contributed by atoms with Crippen LogP contribution in [0.2, 0.25) is 0 Å². The summed E-state index contributed by atoms with van der Waals surface area (Å²) in [6.45, 7) is 5.41. The summed E-state index contributed by atoms with van der Waals surface area (Å²) in [5.41, 5.74) is 0. The summed E-state index contributed by atoms with van der Waals surface area (Å²) >= 11 is 0. The van der Waals surface area contributed by atoms with Crippen molar-refractivity contribution in [2.45, 2.75) is 62.7 Å². The molecule has 20 heavy (non-hydrogen) atoms. The molecule has 0 radical (unpaired) electrons. The summed E-state index contributed by atoms with van der Waals surface area (Å²) in [5.74, 6) is 2.02. The van der Waals surface area contributed by atoms with Gasteiger partial charge in [0.2, 0.25) is 0 Å². The minimum atomic E-state index is 0.907. The molecule has 2 saturated carbocycles. The predicted octanol–water partition coefficient (Wildman–Crippen LogP) is 1.15. The van der Waals surface area contributed by atoms with E-state index in [0.717, 1.165) is 36.0 Å². The van der Waals surface area contributed by atoms with Crippen molar-refractivity contribution in [3.05, 3.63) is 0 Å². The van der Waals surface area contributed by atoms with Crippen molar-refractivity contribution in [3.8, 4) is 0 Å². The molecule has 0 bridgehead atoms. The highest BCUT2D eigenvalue weighted by molar-refractivity contribution is 5.19. The number of hydrogen-bond acceptors (Lipinski definition) is 4. The van der Waals surface area contributed by atoms with Crippen molar-refractivity contribution < 1.29 is 0 Å². The maximum absolute atomic E-state index is 2.82. The van der Waals surface area contributed by atoms with Gasteiger partial charge >= 0.3 is 0 Å². The number of nitrogens with zero attached hydrogens (tertiary/aromatic N) is 4. The SMILES string of the molecule is C1CCN2[C@H]3C[C@@H]4C5C3[C@@H](C[C@@H]5N3CCCCN43)N2C1. The fourth-order valence-electron chi connectivity index (χ4n) is 6.98.